The van der Waals surface area contributed by atoms with Gasteiger partial charge in [-0.25, -0.2) is 4.79 Å². The number of phenols is 1. The summed E-state index contributed by atoms with van der Waals surface area (Å²) in [6.07, 6.45) is 0.838. The van der Waals surface area contributed by atoms with Crippen molar-refractivity contribution in [3.63, 3.8) is 0 Å². The fraction of sp³-hybridized carbons (Fsp3) is 0.235. The first-order valence-electron chi connectivity index (χ1n) is 7.25. The molecule has 1 fully saturated rings. The highest BCUT2D eigenvalue weighted by atomic mass is 35.5. The summed E-state index contributed by atoms with van der Waals surface area (Å²) >= 11 is 5.96. The van der Waals surface area contributed by atoms with Gasteiger partial charge in [0.1, 0.15) is 23.2 Å². The second-order valence-electron chi connectivity index (χ2n) is 5.50. The van der Waals surface area contributed by atoms with Crippen LogP contribution < -0.4 is 10.4 Å². The van der Waals surface area contributed by atoms with E-state index in [2.05, 4.69) is 0 Å². The first-order chi connectivity index (χ1) is 11.1. The van der Waals surface area contributed by atoms with Crippen molar-refractivity contribution in [3.05, 3.63) is 45.8 Å². The molecule has 5 nitrogen and oxygen atoms in total. The zero-order chi connectivity index (χ0) is 16.0. The van der Waals surface area contributed by atoms with Crippen LogP contribution in [0.2, 0.25) is 5.02 Å². The number of benzene rings is 2. The standard InChI is InChI=1S/C17H13ClO5/c18-14-6-12-11-2-1-9(22-10-3-4-21-8-10)5-13(11)17(20)23-16(12)7-15(14)19/h1-2,5-7,10,19H,3-4,8H2/t10-/m0/s1. The van der Waals surface area contributed by atoms with Crippen molar-refractivity contribution in [3.8, 4) is 11.5 Å². The van der Waals surface area contributed by atoms with Gasteiger partial charge < -0.3 is 19.0 Å². The summed E-state index contributed by atoms with van der Waals surface area (Å²) < 4.78 is 16.4. The van der Waals surface area contributed by atoms with Gasteiger partial charge in [0.25, 0.3) is 0 Å². The molecule has 2 heterocycles. The van der Waals surface area contributed by atoms with Gasteiger partial charge in [0.05, 0.1) is 23.6 Å². The number of aromatic hydroxyl groups is 1. The molecule has 2 aromatic carbocycles. The number of halogens is 1. The van der Waals surface area contributed by atoms with Crippen LogP contribution in [-0.4, -0.2) is 24.4 Å². The second-order valence-corrected chi connectivity index (χ2v) is 5.91. The van der Waals surface area contributed by atoms with Gasteiger partial charge in [-0.15, -0.1) is 0 Å². The van der Waals surface area contributed by atoms with Crippen molar-refractivity contribution in [2.45, 2.75) is 12.5 Å². The van der Waals surface area contributed by atoms with E-state index in [0.29, 0.717) is 40.7 Å². The van der Waals surface area contributed by atoms with Crippen LogP contribution in [0.5, 0.6) is 11.5 Å². The third-order valence-electron chi connectivity index (χ3n) is 3.94. The Labute approximate surface area is 136 Å². The molecule has 6 heteroatoms. The second kappa shape index (κ2) is 5.44. The molecule has 3 aromatic rings. The van der Waals surface area contributed by atoms with Crippen LogP contribution in [0.1, 0.15) is 6.42 Å². The number of ether oxygens (including phenoxy) is 2. The lowest BCUT2D eigenvalue weighted by atomic mass is 10.1. The quantitative estimate of drug-likeness (QED) is 0.575. The molecule has 1 N–H and O–H groups in total. The van der Waals surface area contributed by atoms with Gasteiger partial charge in [-0.3, -0.25) is 0 Å². The Bertz CT molecular complexity index is 956. The van der Waals surface area contributed by atoms with Crippen molar-refractivity contribution < 1.29 is 19.0 Å². The summed E-state index contributed by atoms with van der Waals surface area (Å²) in [4.78, 5) is 12.2. The average molecular weight is 333 g/mol. The van der Waals surface area contributed by atoms with Crippen molar-refractivity contribution in [1.82, 2.24) is 0 Å². The maximum absolute atomic E-state index is 12.2. The van der Waals surface area contributed by atoms with E-state index in [1.807, 2.05) is 0 Å². The molecule has 118 valence electrons. The topological polar surface area (TPSA) is 68.9 Å². The summed E-state index contributed by atoms with van der Waals surface area (Å²) in [6, 6.07) is 8.20. The summed E-state index contributed by atoms with van der Waals surface area (Å²) in [5.41, 5.74) is -0.190. The predicted molar refractivity (Wildman–Crippen MR) is 86.5 cm³/mol. The highest BCUT2D eigenvalue weighted by molar-refractivity contribution is 6.33. The average Bonchev–Trinajstić information content (AvgIpc) is 3.03. The molecule has 23 heavy (non-hydrogen) atoms. The molecule has 1 aliphatic heterocycles. The third-order valence-corrected chi connectivity index (χ3v) is 4.25. The molecule has 1 aromatic heterocycles. The Morgan fingerprint density at radius 2 is 2.04 bits per heavy atom. The lowest BCUT2D eigenvalue weighted by Crippen LogP contribution is -2.15. The van der Waals surface area contributed by atoms with E-state index in [9.17, 15) is 9.90 Å². The highest BCUT2D eigenvalue weighted by Crippen LogP contribution is 2.33. The Hall–Kier alpha value is -2.24. The minimum atomic E-state index is -0.484. The Kier molecular flexibility index (Phi) is 3.39. The molecule has 0 unspecified atom stereocenters. The molecule has 0 aliphatic carbocycles. The van der Waals surface area contributed by atoms with Crippen LogP contribution >= 0.6 is 11.6 Å². The number of rotatable bonds is 2. The summed E-state index contributed by atoms with van der Waals surface area (Å²) in [5, 5.41) is 11.6. The minimum absolute atomic E-state index is 0.00587. The molecule has 0 radical (unpaired) electrons. The zero-order valence-corrected chi connectivity index (χ0v) is 12.8. The van der Waals surface area contributed by atoms with Crippen molar-refractivity contribution >= 4 is 33.3 Å². The fourth-order valence-corrected chi connectivity index (χ4v) is 2.95. The van der Waals surface area contributed by atoms with Crippen LogP contribution in [-0.2, 0) is 4.74 Å². The largest absolute Gasteiger partial charge is 0.506 e. The maximum atomic E-state index is 12.2. The van der Waals surface area contributed by atoms with Gasteiger partial charge >= 0.3 is 5.63 Å². The first-order valence-corrected chi connectivity index (χ1v) is 7.63. The Morgan fingerprint density at radius 3 is 2.83 bits per heavy atom. The van der Waals surface area contributed by atoms with Crippen LogP contribution in [0.25, 0.3) is 21.7 Å². The van der Waals surface area contributed by atoms with Crippen LogP contribution in [0, 0.1) is 0 Å². The van der Waals surface area contributed by atoms with E-state index in [1.165, 1.54) is 6.07 Å². The summed E-state index contributed by atoms with van der Waals surface area (Å²) in [7, 11) is 0. The molecule has 1 aliphatic rings. The molecule has 0 spiro atoms. The van der Waals surface area contributed by atoms with E-state index in [1.54, 1.807) is 24.3 Å². The van der Waals surface area contributed by atoms with E-state index >= 15 is 0 Å². The van der Waals surface area contributed by atoms with Crippen molar-refractivity contribution in [2.24, 2.45) is 0 Å². The molecule has 1 saturated heterocycles. The highest BCUT2D eigenvalue weighted by Gasteiger charge is 2.18. The molecule has 1 atom stereocenters. The van der Waals surface area contributed by atoms with Gasteiger partial charge in [0.2, 0.25) is 0 Å². The number of phenolic OH excluding ortho intramolecular Hbond substituents is 1. The third kappa shape index (κ3) is 2.52. The fourth-order valence-electron chi connectivity index (χ4n) is 2.79. The molecule has 4 rings (SSSR count). The Balaban J connectivity index is 1.88. The lowest BCUT2D eigenvalue weighted by Gasteiger charge is -2.12. The molecule has 0 bridgehead atoms. The van der Waals surface area contributed by atoms with Gasteiger partial charge in [0, 0.05) is 23.3 Å². The van der Waals surface area contributed by atoms with Crippen LogP contribution in [0.4, 0.5) is 0 Å². The summed E-state index contributed by atoms with van der Waals surface area (Å²) in [6.45, 7) is 1.24. The molecule has 0 saturated carbocycles. The monoisotopic (exact) mass is 332 g/mol. The van der Waals surface area contributed by atoms with Crippen molar-refractivity contribution in [1.29, 1.82) is 0 Å². The SMILES string of the molecule is O=c1oc2cc(O)c(Cl)cc2c2ccc(O[C@H]3CCOC3)cc12. The molecular formula is C17H13ClO5. The first kappa shape index (κ1) is 14.4. The minimum Gasteiger partial charge on any atom is -0.506 e. The summed E-state index contributed by atoms with van der Waals surface area (Å²) in [5.74, 6) is 0.479. The van der Waals surface area contributed by atoms with Crippen molar-refractivity contribution in [2.75, 3.05) is 13.2 Å². The molecule has 0 amide bonds. The van der Waals surface area contributed by atoms with Crippen LogP contribution in [0.3, 0.4) is 0 Å². The van der Waals surface area contributed by atoms with Gasteiger partial charge in [-0.05, 0) is 24.3 Å². The van der Waals surface area contributed by atoms with Gasteiger partial charge in [-0.1, -0.05) is 11.6 Å². The van der Waals surface area contributed by atoms with E-state index in [4.69, 9.17) is 25.5 Å². The van der Waals surface area contributed by atoms with Gasteiger partial charge in [0.15, 0.2) is 0 Å². The number of hydrogen-bond acceptors (Lipinski definition) is 5. The lowest BCUT2D eigenvalue weighted by molar-refractivity contribution is 0.141. The predicted octanol–water partition coefficient (Wildman–Crippen LogP) is 3.47. The van der Waals surface area contributed by atoms with E-state index in [0.717, 1.165) is 6.42 Å². The molecular weight excluding hydrogens is 320 g/mol. The van der Waals surface area contributed by atoms with Crippen LogP contribution in [0.15, 0.2) is 39.5 Å². The zero-order valence-electron chi connectivity index (χ0n) is 12.0. The van der Waals surface area contributed by atoms with E-state index < -0.39 is 5.63 Å². The van der Waals surface area contributed by atoms with E-state index in [-0.39, 0.29) is 16.9 Å². The number of hydrogen-bond donors (Lipinski definition) is 1. The number of fused-ring (bicyclic) bond motifs is 3. The smallest absolute Gasteiger partial charge is 0.344 e. The normalized spacial score (nSPS) is 17.9. The van der Waals surface area contributed by atoms with Gasteiger partial charge in [-0.2, -0.15) is 0 Å². The maximum Gasteiger partial charge on any atom is 0.344 e. The Morgan fingerprint density at radius 1 is 1.17 bits per heavy atom.